The Hall–Kier alpha value is -3.65. The summed E-state index contributed by atoms with van der Waals surface area (Å²) < 4.78 is 29.4. The summed E-state index contributed by atoms with van der Waals surface area (Å²) in [6.07, 6.45) is 3.34. The van der Waals surface area contributed by atoms with E-state index in [1.165, 1.54) is 4.31 Å². The Morgan fingerprint density at radius 2 is 1.54 bits per heavy atom. The standard InChI is InChI=1S/C33H43N3O4S/c1-5-8-23-34-33(38)30(7-3)35(24-22-27-14-10-9-11-15-27)32(37)25-36(31-17-13-12-16-28(31)6-2)41(39,40)29-20-18-26(4)19-21-29/h9-21,30H,5-8,22-25H2,1-4H3,(H,34,38). The van der Waals surface area contributed by atoms with Crippen LogP contribution in [0.4, 0.5) is 5.69 Å². The second-order valence-corrected chi connectivity index (χ2v) is 12.1. The van der Waals surface area contributed by atoms with Crippen LogP contribution in [0, 0.1) is 6.92 Å². The molecule has 1 unspecified atom stereocenters. The van der Waals surface area contributed by atoms with Crippen LogP contribution in [0.1, 0.15) is 56.7 Å². The van der Waals surface area contributed by atoms with Crippen LogP contribution in [-0.4, -0.2) is 50.8 Å². The molecule has 1 atom stereocenters. The molecule has 0 spiro atoms. The first kappa shape index (κ1) is 31.9. The summed E-state index contributed by atoms with van der Waals surface area (Å²) in [7, 11) is -4.08. The average Bonchev–Trinajstić information content (AvgIpc) is 2.98. The SMILES string of the molecule is CCCCNC(=O)C(CC)N(CCc1ccccc1)C(=O)CN(c1ccccc1CC)S(=O)(=O)c1ccc(C)cc1. The molecule has 0 aliphatic carbocycles. The van der Waals surface area contributed by atoms with E-state index in [2.05, 4.69) is 12.2 Å². The number of sulfonamides is 1. The number of nitrogens with one attached hydrogen (secondary N) is 1. The van der Waals surface area contributed by atoms with Gasteiger partial charge in [-0.1, -0.05) is 93.4 Å². The maximum absolute atomic E-state index is 14.2. The molecule has 0 aliphatic heterocycles. The van der Waals surface area contributed by atoms with Crippen molar-refractivity contribution in [1.29, 1.82) is 0 Å². The van der Waals surface area contributed by atoms with Crippen LogP contribution in [0.5, 0.6) is 0 Å². The molecule has 3 rings (SSSR count). The van der Waals surface area contributed by atoms with Crippen molar-refractivity contribution < 1.29 is 18.0 Å². The molecule has 0 bridgehead atoms. The lowest BCUT2D eigenvalue weighted by Gasteiger charge is -2.33. The van der Waals surface area contributed by atoms with Crippen LogP contribution in [0.15, 0.2) is 83.8 Å². The number of unbranched alkanes of at least 4 members (excludes halogenated alkanes) is 1. The molecule has 41 heavy (non-hydrogen) atoms. The van der Waals surface area contributed by atoms with E-state index in [4.69, 9.17) is 0 Å². The maximum atomic E-state index is 14.2. The number of hydrogen-bond donors (Lipinski definition) is 1. The van der Waals surface area contributed by atoms with E-state index < -0.39 is 28.5 Å². The van der Waals surface area contributed by atoms with Gasteiger partial charge in [0.05, 0.1) is 10.6 Å². The lowest BCUT2D eigenvalue weighted by molar-refractivity contribution is -0.139. The molecule has 0 aromatic heterocycles. The summed E-state index contributed by atoms with van der Waals surface area (Å²) in [4.78, 5) is 29.1. The number of hydrogen-bond acceptors (Lipinski definition) is 4. The van der Waals surface area contributed by atoms with Gasteiger partial charge in [-0.3, -0.25) is 13.9 Å². The van der Waals surface area contributed by atoms with E-state index in [-0.39, 0.29) is 17.3 Å². The summed E-state index contributed by atoms with van der Waals surface area (Å²) in [6.45, 7) is 8.18. The summed E-state index contributed by atoms with van der Waals surface area (Å²) in [5.74, 6) is -0.635. The molecule has 220 valence electrons. The number of benzene rings is 3. The smallest absolute Gasteiger partial charge is 0.264 e. The highest BCUT2D eigenvalue weighted by Crippen LogP contribution is 2.28. The average molecular weight is 578 g/mol. The molecule has 3 aromatic carbocycles. The maximum Gasteiger partial charge on any atom is 0.264 e. The van der Waals surface area contributed by atoms with Gasteiger partial charge >= 0.3 is 0 Å². The molecule has 0 saturated carbocycles. The number of nitrogens with zero attached hydrogens (tertiary/aromatic N) is 2. The van der Waals surface area contributed by atoms with Crippen LogP contribution in [-0.2, 0) is 32.5 Å². The molecule has 1 N–H and O–H groups in total. The normalized spacial score (nSPS) is 12.0. The zero-order chi connectivity index (χ0) is 29.8. The van der Waals surface area contributed by atoms with Gasteiger partial charge < -0.3 is 10.2 Å². The first-order valence-corrected chi connectivity index (χ1v) is 15.9. The molecule has 3 aromatic rings. The lowest BCUT2D eigenvalue weighted by atomic mass is 10.1. The second kappa shape index (κ2) is 15.4. The van der Waals surface area contributed by atoms with E-state index in [0.717, 1.165) is 29.5 Å². The van der Waals surface area contributed by atoms with Crippen molar-refractivity contribution in [2.24, 2.45) is 0 Å². The molecule has 7 nitrogen and oxygen atoms in total. The van der Waals surface area contributed by atoms with E-state index in [1.54, 1.807) is 41.3 Å². The molecule has 0 saturated heterocycles. The Kier molecular flexibility index (Phi) is 12.0. The minimum Gasteiger partial charge on any atom is -0.354 e. The number of carbonyl (C=O) groups excluding carboxylic acids is 2. The van der Waals surface area contributed by atoms with Gasteiger partial charge in [0, 0.05) is 13.1 Å². The van der Waals surface area contributed by atoms with Gasteiger partial charge in [-0.05, 0) is 61.9 Å². The monoisotopic (exact) mass is 577 g/mol. The molecule has 2 amide bonds. The van der Waals surface area contributed by atoms with Crippen molar-refractivity contribution >= 4 is 27.5 Å². The molecular formula is C33H43N3O4S. The van der Waals surface area contributed by atoms with Gasteiger partial charge in [-0.2, -0.15) is 0 Å². The lowest BCUT2D eigenvalue weighted by Crippen LogP contribution is -2.53. The van der Waals surface area contributed by atoms with Gasteiger partial charge in [-0.15, -0.1) is 0 Å². The highest BCUT2D eigenvalue weighted by Gasteiger charge is 2.34. The summed E-state index contributed by atoms with van der Waals surface area (Å²) >= 11 is 0. The van der Waals surface area contributed by atoms with E-state index in [9.17, 15) is 18.0 Å². The van der Waals surface area contributed by atoms with Crippen molar-refractivity contribution in [3.8, 4) is 0 Å². The highest BCUT2D eigenvalue weighted by atomic mass is 32.2. The zero-order valence-electron chi connectivity index (χ0n) is 24.7. The Morgan fingerprint density at radius 3 is 2.17 bits per heavy atom. The van der Waals surface area contributed by atoms with Crippen molar-refractivity contribution in [3.05, 3.63) is 95.6 Å². The fourth-order valence-electron chi connectivity index (χ4n) is 4.81. The van der Waals surface area contributed by atoms with Crippen LogP contribution in [0.2, 0.25) is 0 Å². The molecular weight excluding hydrogens is 534 g/mol. The number of carbonyl (C=O) groups is 2. The van der Waals surface area contributed by atoms with Crippen LogP contribution in [0.3, 0.4) is 0 Å². The number of rotatable bonds is 15. The van der Waals surface area contributed by atoms with Gasteiger partial charge in [0.15, 0.2) is 0 Å². The third kappa shape index (κ3) is 8.43. The van der Waals surface area contributed by atoms with Crippen LogP contribution in [0.25, 0.3) is 0 Å². The molecule has 0 radical (unpaired) electrons. The number of para-hydroxylation sites is 1. The van der Waals surface area contributed by atoms with Crippen LogP contribution < -0.4 is 9.62 Å². The largest absolute Gasteiger partial charge is 0.354 e. The number of aryl methyl sites for hydroxylation is 2. The highest BCUT2D eigenvalue weighted by molar-refractivity contribution is 7.92. The Morgan fingerprint density at radius 1 is 0.878 bits per heavy atom. The van der Waals surface area contributed by atoms with Gasteiger partial charge in [0.25, 0.3) is 10.0 Å². The summed E-state index contributed by atoms with van der Waals surface area (Å²) in [6, 6.07) is 22.9. The Labute approximate surface area is 245 Å². The number of amides is 2. The van der Waals surface area contributed by atoms with E-state index in [0.29, 0.717) is 31.5 Å². The van der Waals surface area contributed by atoms with Crippen molar-refractivity contribution in [3.63, 3.8) is 0 Å². The fourth-order valence-corrected chi connectivity index (χ4v) is 6.26. The van der Waals surface area contributed by atoms with Crippen molar-refractivity contribution in [2.75, 3.05) is 23.9 Å². The van der Waals surface area contributed by atoms with Crippen molar-refractivity contribution in [1.82, 2.24) is 10.2 Å². The van der Waals surface area contributed by atoms with E-state index >= 15 is 0 Å². The topological polar surface area (TPSA) is 86.8 Å². The predicted molar refractivity (Wildman–Crippen MR) is 165 cm³/mol. The number of anilines is 1. The second-order valence-electron chi connectivity index (χ2n) is 10.2. The minimum atomic E-state index is -4.08. The zero-order valence-corrected chi connectivity index (χ0v) is 25.5. The van der Waals surface area contributed by atoms with E-state index in [1.807, 2.05) is 63.2 Å². The Balaban J connectivity index is 2.02. The molecule has 0 fully saturated rings. The van der Waals surface area contributed by atoms with Crippen molar-refractivity contribution in [2.45, 2.75) is 70.7 Å². The third-order valence-electron chi connectivity index (χ3n) is 7.23. The molecule has 8 heteroatoms. The van der Waals surface area contributed by atoms with Gasteiger partial charge in [0.2, 0.25) is 11.8 Å². The minimum absolute atomic E-state index is 0.113. The van der Waals surface area contributed by atoms with Gasteiger partial charge in [0.1, 0.15) is 12.6 Å². The quantitative estimate of drug-likeness (QED) is 0.241. The first-order chi connectivity index (χ1) is 19.7. The molecule has 0 aliphatic rings. The third-order valence-corrected chi connectivity index (χ3v) is 9.00. The fraction of sp³-hybridized carbons (Fsp3) is 0.394. The van der Waals surface area contributed by atoms with Crippen LogP contribution >= 0.6 is 0 Å². The molecule has 0 heterocycles. The summed E-state index contributed by atoms with van der Waals surface area (Å²) in [5.41, 5.74) is 3.25. The van der Waals surface area contributed by atoms with Gasteiger partial charge in [-0.25, -0.2) is 8.42 Å². The Bertz CT molecular complexity index is 1380. The summed E-state index contributed by atoms with van der Waals surface area (Å²) in [5, 5.41) is 2.97. The predicted octanol–water partition coefficient (Wildman–Crippen LogP) is 5.52. The first-order valence-electron chi connectivity index (χ1n) is 14.5.